The monoisotopic (exact) mass is 322 g/mol. The molecule has 0 fully saturated rings. The first kappa shape index (κ1) is 17.1. The van der Waals surface area contributed by atoms with Crippen LogP contribution in [0.2, 0.25) is 0 Å². The molecule has 1 atom stereocenters. The Morgan fingerprint density at radius 1 is 1.20 bits per heavy atom. The Morgan fingerprint density at radius 3 is 2.25 bits per heavy atom. The zero-order valence-electron chi connectivity index (χ0n) is 11.2. The first-order valence-electron chi connectivity index (χ1n) is 5.81. The SMILES string of the molecule is COCCC(C)NS(=O)(=O)c1ccccc1S(N)(=O)=O. The Morgan fingerprint density at radius 2 is 1.75 bits per heavy atom. The summed E-state index contributed by atoms with van der Waals surface area (Å²) in [5.74, 6) is 0. The maximum atomic E-state index is 12.2. The van der Waals surface area contributed by atoms with E-state index in [1.54, 1.807) is 6.92 Å². The van der Waals surface area contributed by atoms with Gasteiger partial charge >= 0.3 is 0 Å². The largest absolute Gasteiger partial charge is 0.385 e. The predicted octanol–water partition coefficient (Wildman–Crippen LogP) is 0.0373. The van der Waals surface area contributed by atoms with Crippen molar-refractivity contribution in [2.75, 3.05) is 13.7 Å². The number of hydrogen-bond donors (Lipinski definition) is 2. The summed E-state index contributed by atoms with van der Waals surface area (Å²) in [6.45, 7) is 2.05. The molecule has 0 heterocycles. The highest BCUT2D eigenvalue weighted by atomic mass is 32.2. The lowest BCUT2D eigenvalue weighted by Gasteiger charge is -2.15. The zero-order valence-corrected chi connectivity index (χ0v) is 12.9. The minimum atomic E-state index is -4.11. The Hall–Kier alpha value is -1.00. The van der Waals surface area contributed by atoms with Crippen molar-refractivity contribution in [1.82, 2.24) is 4.72 Å². The maximum Gasteiger partial charge on any atom is 0.242 e. The number of hydrogen-bond acceptors (Lipinski definition) is 5. The summed E-state index contributed by atoms with van der Waals surface area (Å²) in [4.78, 5) is -0.779. The van der Waals surface area contributed by atoms with Gasteiger partial charge in [-0.25, -0.2) is 26.7 Å². The van der Waals surface area contributed by atoms with Crippen LogP contribution in [0.1, 0.15) is 13.3 Å². The Labute approximate surface area is 119 Å². The summed E-state index contributed by atoms with van der Waals surface area (Å²) in [6, 6.07) is 4.80. The van der Waals surface area contributed by atoms with E-state index in [4.69, 9.17) is 9.88 Å². The molecule has 1 unspecified atom stereocenters. The van der Waals surface area contributed by atoms with E-state index >= 15 is 0 Å². The van der Waals surface area contributed by atoms with Crippen LogP contribution in [0.4, 0.5) is 0 Å². The fourth-order valence-electron chi connectivity index (χ4n) is 1.59. The first-order valence-corrected chi connectivity index (χ1v) is 8.84. The lowest BCUT2D eigenvalue weighted by molar-refractivity contribution is 0.188. The predicted molar refractivity (Wildman–Crippen MR) is 74.1 cm³/mol. The Kier molecular flexibility index (Phi) is 5.66. The molecule has 1 aromatic rings. The number of nitrogens with one attached hydrogen (secondary N) is 1. The number of nitrogens with two attached hydrogens (primary N) is 1. The number of benzene rings is 1. The summed E-state index contributed by atoms with van der Waals surface area (Å²) >= 11 is 0. The smallest absolute Gasteiger partial charge is 0.242 e. The maximum absolute atomic E-state index is 12.2. The van der Waals surface area contributed by atoms with E-state index in [1.807, 2.05) is 0 Å². The molecule has 0 radical (unpaired) electrons. The highest BCUT2D eigenvalue weighted by Crippen LogP contribution is 2.19. The van der Waals surface area contributed by atoms with E-state index in [-0.39, 0.29) is 4.90 Å². The number of rotatable bonds is 7. The molecular formula is C11H18N2O5S2. The second-order valence-electron chi connectivity index (χ2n) is 4.30. The average molecular weight is 322 g/mol. The van der Waals surface area contributed by atoms with E-state index in [0.29, 0.717) is 13.0 Å². The molecule has 0 aromatic heterocycles. The van der Waals surface area contributed by atoms with Crippen LogP contribution < -0.4 is 9.86 Å². The Bertz CT molecular complexity index is 655. The molecule has 0 saturated heterocycles. The molecule has 0 saturated carbocycles. The van der Waals surface area contributed by atoms with Crippen molar-refractivity contribution >= 4 is 20.0 Å². The first-order chi connectivity index (χ1) is 9.18. The van der Waals surface area contributed by atoms with Crippen molar-refractivity contribution in [2.45, 2.75) is 29.2 Å². The van der Waals surface area contributed by atoms with Gasteiger partial charge in [0.15, 0.2) is 0 Å². The van der Waals surface area contributed by atoms with Gasteiger partial charge in [0.2, 0.25) is 20.0 Å². The van der Waals surface area contributed by atoms with Crippen LogP contribution in [0.15, 0.2) is 34.1 Å². The molecule has 0 amide bonds. The molecule has 0 aliphatic heterocycles. The van der Waals surface area contributed by atoms with Crippen molar-refractivity contribution in [2.24, 2.45) is 5.14 Å². The lowest BCUT2D eigenvalue weighted by Crippen LogP contribution is -2.34. The lowest BCUT2D eigenvalue weighted by atomic mass is 10.3. The summed E-state index contributed by atoms with van der Waals surface area (Å²) in [6.07, 6.45) is 0.466. The highest BCUT2D eigenvalue weighted by Gasteiger charge is 2.25. The van der Waals surface area contributed by atoms with E-state index in [1.165, 1.54) is 25.3 Å². The van der Waals surface area contributed by atoms with Crippen LogP contribution in [-0.4, -0.2) is 36.6 Å². The topological polar surface area (TPSA) is 116 Å². The van der Waals surface area contributed by atoms with Crippen LogP contribution in [0.25, 0.3) is 0 Å². The minimum absolute atomic E-state index is 0.355. The van der Waals surface area contributed by atoms with Crippen LogP contribution >= 0.6 is 0 Å². The van der Waals surface area contributed by atoms with Crippen molar-refractivity contribution in [3.8, 4) is 0 Å². The van der Waals surface area contributed by atoms with Gasteiger partial charge in [0.25, 0.3) is 0 Å². The average Bonchev–Trinajstić information content (AvgIpc) is 2.35. The molecule has 0 aliphatic rings. The molecular weight excluding hydrogens is 304 g/mol. The molecule has 0 bridgehead atoms. The summed E-state index contributed by atoms with van der Waals surface area (Å²) in [5.41, 5.74) is 0. The van der Waals surface area contributed by atoms with Gasteiger partial charge in [0, 0.05) is 19.8 Å². The Balaban J connectivity index is 3.11. The van der Waals surface area contributed by atoms with Crippen LogP contribution in [0.5, 0.6) is 0 Å². The third-order valence-corrected chi connectivity index (χ3v) is 5.30. The summed E-state index contributed by atoms with van der Waals surface area (Å²) < 4.78 is 54.5. The van der Waals surface area contributed by atoms with Crippen LogP contribution in [0.3, 0.4) is 0 Å². The number of primary sulfonamides is 1. The molecule has 0 aliphatic carbocycles. The normalized spacial score (nSPS) is 14.2. The summed E-state index contributed by atoms with van der Waals surface area (Å²) in [5, 5.41) is 5.03. The van der Waals surface area contributed by atoms with Gasteiger partial charge in [-0.2, -0.15) is 0 Å². The molecule has 9 heteroatoms. The van der Waals surface area contributed by atoms with Gasteiger partial charge in [-0.1, -0.05) is 12.1 Å². The quantitative estimate of drug-likeness (QED) is 0.735. The number of ether oxygens (including phenoxy) is 1. The standard InChI is InChI=1S/C11H18N2O5S2/c1-9(7-8-18-2)13-20(16,17)11-6-4-3-5-10(11)19(12,14)15/h3-6,9,13H,7-8H2,1-2H3,(H2,12,14,15). The van der Waals surface area contributed by atoms with Crippen LogP contribution in [0, 0.1) is 0 Å². The van der Waals surface area contributed by atoms with Gasteiger partial charge in [0.1, 0.15) is 9.79 Å². The van der Waals surface area contributed by atoms with Crippen molar-refractivity contribution in [3.05, 3.63) is 24.3 Å². The van der Waals surface area contributed by atoms with Gasteiger partial charge in [-0.3, -0.25) is 0 Å². The van der Waals surface area contributed by atoms with Gasteiger partial charge in [-0.05, 0) is 25.5 Å². The third-order valence-electron chi connectivity index (χ3n) is 2.56. The number of sulfonamides is 2. The molecule has 1 rings (SSSR count). The minimum Gasteiger partial charge on any atom is -0.385 e. The van der Waals surface area contributed by atoms with E-state index < -0.39 is 31.0 Å². The fourth-order valence-corrected chi connectivity index (χ4v) is 4.25. The fraction of sp³-hybridized carbons (Fsp3) is 0.455. The molecule has 7 nitrogen and oxygen atoms in total. The molecule has 3 N–H and O–H groups in total. The van der Waals surface area contributed by atoms with Crippen molar-refractivity contribution in [1.29, 1.82) is 0 Å². The third kappa shape index (κ3) is 4.53. The van der Waals surface area contributed by atoms with E-state index in [2.05, 4.69) is 4.72 Å². The van der Waals surface area contributed by atoms with Gasteiger partial charge < -0.3 is 4.74 Å². The van der Waals surface area contributed by atoms with Crippen LogP contribution in [-0.2, 0) is 24.8 Å². The van der Waals surface area contributed by atoms with Crippen molar-refractivity contribution in [3.63, 3.8) is 0 Å². The molecule has 0 spiro atoms. The molecule has 114 valence electrons. The highest BCUT2D eigenvalue weighted by molar-refractivity contribution is 7.92. The molecule has 20 heavy (non-hydrogen) atoms. The summed E-state index contributed by atoms with van der Waals surface area (Å²) in [7, 11) is -6.57. The van der Waals surface area contributed by atoms with Gasteiger partial charge in [0.05, 0.1) is 0 Å². The second kappa shape index (κ2) is 6.64. The molecule has 1 aromatic carbocycles. The van der Waals surface area contributed by atoms with E-state index in [0.717, 1.165) is 6.07 Å². The zero-order chi connectivity index (χ0) is 15.4. The van der Waals surface area contributed by atoms with Gasteiger partial charge in [-0.15, -0.1) is 0 Å². The van der Waals surface area contributed by atoms with Crippen molar-refractivity contribution < 1.29 is 21.6 Å². The second-order valence-corrected chi connectivity index (χ2v) is 7.51. The number of methoxy groups -OCH3 is 1. The van der Waals surface area contributed by atoms with E-state index in [9.17, 15) is 16.8 Å².